The van der Waals surface area contributed by atoms with E-state index in [0.29, 0.717) is 5.57 Å². The van der Waals surface area contributed by atoms with Crippen LogP contribution in [0.1, 0.15) is 38.3 Å². The first kappa shape index (κ1) is 27.8. The summed E-state index contributed by atoms with van der Waals surface area (Å²) in [7, 11) is 0. The van der Waals surface area contributed by atoms with Gasteiger partial charge in [0.05, 0.1) is 19.8 Å². The van der Waals surface area contributed by atoms with E-state index in [1.54, 1.807) is 57.2 Å². The summed E-state index contributed by atoms with van der Waals surface area (Å²) in [4.78, 5) is 0. The van der Waals surface area contributed by atoms with Crippen LogP contribution in [0.5, 0.6) is 11.5 Å². The zero-order valence-corrected chi connectivity index (χ0v) is 19.9. The van der Waals surface area contributed by atoms with Crippen molar-refractivity contribution in [3.63, 3.8) is 0 Å². The minimum atomic E-state index is -2.68. The Labute approximate surface area is 200 Å². The molecule has 188 valence electrons. The highest BCUT2D eigenvalue weighted by Crippen LogP contribution is 2.47. The molecule has 5 atom stereocenters. The summed E-state index contributed by atoms with van der Waals surface area (Å²) in [5, 5.41) is 66.6. The lowest BCUT2D eigenvalue weighted by atomic mass is 9.69. The lowest BCUT2D eigenvalue weighted by Crippen LogP contribution is -2.62. The maximum absolute atomic E-state index is 12.0. The summed E-state index contributed by atoms with van der Waals surface area (Å²) in [6, 6.07) is 12.6. The molecule has 0 fully saturated rings. The van der Waals surface area contributed by atoms with E-state index in [9.17, 15) is 30.6 Å². The Balaban J connectivity index is 2.84. The fraction of sp³-hybridized carbons (Fsp3) is 0.462. The number of hydrogen-bond donors (Lipinski definition) is 6. The van der Waals surface area contributed by atoms with Gasteiger partial charge in [-0.25, -0.2) is 0 Å². The minimum Gasteiger partial charge on any atom is -0.493 e. The van der Waals surface area contributed by atoms with E-state index in [-0.39, 0.29) is 42.3 Å². The molecule has 0 radical (unpaired) electrons. The molecule has 2 aromatic rings. The van der Waals surface area contributed by atoms with Crippen LogP contribution in [0, 0.1) is 0 Å². The first-order valence-corrected chi connectivity index (χ1v) is 11.3. The van der Waals surface area contributed by atoms with Gasteiger partial charge in [-0.2, -0.15) is 0 Å². The smallest absolute Gasteiger partial charge is 0.150 e. The molecular weight excluding hydrogens is 440 g/mol. The Bertz CT molecular complexity index is 948. The van der Waals surface area contributed by atoms with Gasteiger partial charge < -0.3 is 40.1 Å². The Morgan fingerprint density at radius 1 is 0.882 bits per heavy atom. The van der Waals surface area contributed by atoms with Crippen LogP contribution in [0.25, 0.3) is 0 Å². The van der Waals surface area contributed by atoms with Gasteiger partial charge in [0, 0.05) is 17.5 Å². The molecule has 0 aromatic heterocycles. The zero-order valence-electron chi connectivity index (χ0n) is 19.9. The minimum absolute atomic E-state index is 0.0709. The second-order valence-corrected chi connectivity index (χ2v) is 8.34. The van der Waals surface area contributed by atoms with E-state index in [4.69, 9.17) is 9.47 Å². The average molecular weight is 477 g/mol. The molecule has 6 N–H and O–H groups in total. The lowest BCUT2D eigenvalue weighted by molar-refractivity contribution is -0.239. The summed E-state index contributed by atoms with van der Waals surface area (Å²) >= 11 is 0. The van der Waals surface area contributed by atoms with Gasteiger partial charge in [-0.15, -0.1) is 6.58 Å². The topological polar surface area (TPSA) is 140 Å². The maximum Gasteiger partial charge on any atom is 0.150 e. The third-order valence-corrected chi connectivity index (χ3v) is 5.71. The van der Waals surface area contributed by atoms with Crippen molar-refractivity contribution in [2.45, 2.75) is 56.7 Å². The van der Waals surface area contributed by atoms with Crippen LogP contribution in [0.4, 0.5) is 0 Å². The molecule has 8 heteroatoms. The zero-order chi connectivity index (χ0) is 25.5. The van der Waals surface area contributed by atoms with Crippen molar-refractivity contribution in [1.29, 1.82) is 0 Å². The standard InChI is InChI=1S/C26H36O8/c1-5-33-21-13-9-7-11-18(21)25(31,15-17(3)4)24(30)26(32,23(29)20(28)16-27)19-12-8-10-14-22(19)34-6-2/h7-14,20,23-24,27-32H,3,5-6,15-16H2,1-2,4H3/t20-,23+,24+,25?,26+/m0/s1. The van der Waals surface area contributed by atoms with Crippen LogP contribution in [0.2, 0.25) is 0 Å². The van der Waals surface area contributed by atoms with Crippen LogP contribution in [0.3, 0.4) is 0 Å². The number of para-hydroxylation sites is 2. The largest absolute Gasteiger partial charge is 0.493 e. The highest BCUT2D eigenvalue weighted by molar-refractivity contribution is 5.45. The third-order valence-electron chi connectivity index (χ3n) is 5.71. The normalized spacial score (nSPS) is 17.7. The van der Waals surface area contributed by atoms with Gasteiger partial charge in [0.1, 0.15) is 35.4 Å². The molecule has 0 aliphatic heterocycles. The number of aliphatic hydroxyl groups is 6. The van der Waals surface area contributed by atoms with Crippen LogP contribution in [-0.4, -0.2) is 68.8 Å². The summed E-state index contributed by atoms with van der Waals surface area (Å²) < 4.78 is 11.3. The molecule has 0 saturated carbocycles. The molecule has 2 rings (SSSR count). The molecule has 0 heterocycles. The molecule has 0 amide bonds. The number of hydrogen-bond acceptors (Lipinski definition) is 8. The van der Waals surface area contributed by atoms with E-state index < -0.39 is 36.1 Å². The number of aliphatic hydroxyl groups excluding tert-OH is 4. The molecule has 2 aromatic carbocycles. The van der Waals surface area contributed by atoms with E-state index in [0.717, 1.165) is 0 Å². The summed E-state index contributed by atoms with van der Waals surface area (Å²) in [5.41, 5.74) is -4.34. The highest BCUT2D eigenvalue weighted by atomic mass is 16.5. The van der Waals surface area contributed by atoms with Gasteiger partial charge in [-0.1, -0.05) is 42.0 Å². The molecule has 0 saturated heterocycles. The maximum atomic E-state index is 12.0. The first-order valence-electron chi connectivity index (χ1n) is 11.3. The number of rotatable bonds is 13. The number of benzene rings is 2. The van der Waals surface area contributed by atoms with Crippen molar-refractivity contribution in [2.24, 2.45) is 0 Å². The molecule has 34 heavy (non-hydrogen) atoms. The van der Waals surface area contributed by atoms with Gasteiger partial charge in [-0.3, -0.25) is 0 Å². The van der Waals surface area contributed by atoms with Crippen LogP contribution in [0.15, 0.2) is 60.7 Å². The summed E-state index contributed by atoms with van der Waals surface area (Å²) in [6.45, 7) is 8.57. The Morgan fingerprint density at radius 3 is 1.82 bits per heavy atom. The molecule has 1 unspecified atom stereocenters. The third kappa shape index (κ3) is 5.43. The van der Waals surface area contributed by atoms with Crippen molar-refractivity contribution >= 4 is 0 Å². The van der Waals surface area contributed by atoms with E-state index in [1.165, 1.54) is 12.1 Å². The Morgan fingerprint density at radius 2 is 1.35 bits per heavy atom. The van der Waals surface area contributed by atoms with Gasteiger partial charge >= 0.3 is 0 Å². The second-order valence-electron chi connectivity index (χ2n) is 8.34. The van der Waals surface area contributed by atoms with Gasteiger partial charge in [0.25, 0.3) is 0 Å². The van der Waals surface area contributed by atoms with Gasteiger partial charge in [-0.05, 0) is 32.9 Å². The summed E-state index contributed by atoms with van der Waals surface area (Å²) in [5.74, 6) is 0.400. The summed E-state index contributed by atoms with van der Waals surface area (Å²) in [6.07, 6.45) is -6.29. The molecule has 0 aliphatic carbocycles. The first-order chi connectivity index (χ1) is 16.1. The lowest BCUT2D eigenvalue weighted by Gasteiger charge is -2.46. The van der Waals surface area contributed by atoms with E-state index in [1.807, 2.05) is 0 Å². The monoisotopic (exact) mass is 476 g/mol. The molecular formula is C26H36O8. The van der Waals surface area contributed by atoms with Crippen molar-refractivity contribution in [3.8, 4) is 11.5 Å². The fourth-order valence-corrected chi connectivity index (χ4v) is 4.21. The van der Waals surface area contributed by atoms with Gasteiger partial charge in [0.15, 0.2) is 5.60 Å². The fourth-order valence-electron chi connectivity index (χ4n) is 4.21. The van der Waals surface area contributed by atoms with Crippen LogP contribution in [-0.2, 0) is 11.2 Å². The predicted octanol–water partition coefficient (Wildman–Crippen LogP) is 1.60. The molecule has 0 bridgehead atoms. The predicted molar refractivity (Wildman–Crippen MR) is 128 cm³/mol. The van der Waals surface area contributed by atoms with Crippen LogP contribution < -0.4 is 9.47 Å². The SMILES string of the molecule is C=C(C)CC(O)(c1ccccc1OCC)[C@@H](O)[C@@](O)(c1ccccc1OCC)[C@H](O)[C@@H](O)CO. The molecule has 0 spiro atoms. The van der Waals surface area contributed by atoms with Crippen molar-refractivity contribution in [2.75, 3.05) is 19.8 Å². The Hall–Kier alpha value is -2.46. The average Bonchev–Trinajstić information content (AvgIpc) is 2.82. The molecule has 0 aliphatic rings. The van der Waals surface area contributed by atoms with Gasteiger partial charge in [0.2, 0.25) is 0 Å². The van der Waals surface area contributed by atoms with Crippen molar-refractivity contribution in [3.05, 3.63) is 71.8 Å². The van der Waals surface area contributed by atoms with Crippen molar-refractivity contribution in [1.82, 2.24) is 0 Å². The van der Waals surface area contributed by atoms with E-state index in [2.05, 4.69) is 6.58 Å². The Kier molecular flexibility index (Phi) is 9.64. The van der Waals surface area contributed by atoms with E-state index >= 15 is 0 Å². The number of ether oxygens (including phenoxy) is 2. The quantitative estimate of drug-likeness (QED) is 0.240. The second kappa shape index (κ2) is 11.8. The highest BCUT2D eigenvalue weighted by Gasteiger charge is 2.57. The van der Waals surface area contributed by atoms with Crippen LogP contribution >= 0.6 is 0 Å². The molecule has 8 nitrogen and oxygen atoms in total. The van der Waals surface area contributed by atoms with Crippen molar-refractivity contribution < 1.29 is 40.1 Å².